The molecule has 6 aromatic rings. The molecule has 0 amide bonds. The maximum atomic E-state index is 8.88. The lowest BCUT2D eigenvalue weighted by atomic mass is 9.77. The predicted octanol–water partition coefficient (Wildman–Crippen LogP) is 10.7. The van der Waals surface area contributed by atoms with Gasteiger partial charge in [0.25, 0.3) is 0 Å². The van der Waals surface area contributed by atoms with Crippen LogP contribution >= 0.6 is 0 Å². The summed E-state index contributed by atoms with van der Waals surface area (Å²) in [5.41, 5.74) is 8.11. The molecule has 0 N–H and O–H groups in total. The van der Waals surface area contributed by atoms with E-state index in [1.165, 1.54) is 5.56 Å². The van der Waals surface area contributed by atoms with E-state index in [2.05, 4.69) is 101 Å². The number of para-hydroxylation sites is 1. The second kappa shape index (κ2) is 9.27. The zero-order valence-corrected chi connectivity index (χ0v) is 23.5. The van der Waals surface area contributed by atoms with E-state index in [9.17, 15) is 0 Å². The molecule has 1 heteroatoms. The van der Waals surface area contributed by atoms with Crippen molar-refractivity contribution in [2.75, 3.05) is 0 Å². The molecule has 1 aromatic heterocycles. The molecule has 0 saturated carbocycles. The summed E-state index contributed by atoms with van der Waals surface area (Å²) in [4.78, 5) is 0. The van der Waals surface area contributed by atoms with Crippen LogP contribution in [0, 0.1) is 0 Å². The molecule has 5 aromatic carbocycles. The molecule has 0 radical (unpaired) electrons. The Hall–Kier alpha value is -4.10. The summed E-state index contributed by atoms with van der Waals surface area (Å²) in [5, 5.41) is 1.90. The first kappa shape index (κ1) is 19.9. The highest BCUT2D eigenvalue weighted by molar-refractivity contribution is 6.18. The van der Waals surface area contributed by atoms with Crippen LogP contribution in [-0.4, -0.2) is 4.57 Å². The third-order valence-electron chi connectivity index (χ3n) is 7.53. The van der Waals surface area contributed by atoms with Crippen molar-refractivity contribution < 1.29 is 6.85 Å². The Morgan fingerprint density at radius 1 is 0.564 bits per heavy atom. The smallest absolute Gasteiger partial charge is 0.0629 e. The number of benzene rings is 5. The molecule has 0 fully saturated rings. The highest BCUT2D eigenvalue weighted by Gasteiger charge is 2.27. The van der Waals surface area contributed by atoms with E-state index in [4.69, 9.17) is 6.85 Å². The van der Waals surface area contributed by atoms with E-state index < -0.39 is 0 Å². The molecule has 1 heterocycles. The van der Waals surface area contributed by atoms with Gasteiger partial charge in [-0.1, -0.05) is 132 Å². The zero-order chi connectivity index (χ0) is 31.7. The Balaban J connectivity index is 1.86. The molecule has 0 aliphatic heterocycles. The minimum Gasteiger partial charge on any atom is -0.309 e. The standard InChI is InChI=1S/C38H37N/c1-37(2,3)28-18-13-17-27(25-28)31-23-24-33-35(36(31)38(4,5)6)34-30(26-15-9-7-10-16-26)21-14-22-32(34)39(33)29-19-11-8-12-20-29/h7-25H,1-6H3/i7D,9D,10D,15D,16D. The van der Waals surface area contributed by atoms with E-state index in [1.54, 1.807) is 0 Å². The Morgan fingerprint density at radius 2 is 1.26 bits per heavy atom. The zero-order valence-electron chi connectivity index (χ0n) is 28.5. The predicted molar refractivity (Wildman–Crippen MR) is 169 cm³/mol. The van der Waals surface area contributed by atoms with Gasteiger partial charge in [-0.2, -0.15) is 0 Å². The van der Waals surface area contributed by atoms with Gasteiger partial charge in [-0.25, -0.2) is 0 Å². The van der Waals surface area contributed by atoms with Gasteiger partial charge in [0.2, 0.25) is 0 Å². The first-order chi connectivity index (χ1) is 20.7. The fourth-order valence-corrected chi connectivity index (χ4v) is 5.77. The van der Waals surface area contributed by atoms with Crippen LogP contribution in [-0.2, 0) is 10.8 Å². The minimum atomic E-state index is -0.390. The van der Waals surface area contributed by atoms with Gasteiger partial charge in [-0.15, -0.1) is 0 Å². The Kier molecular flexibility index (Phi) is 4.73. The lowest BCUT2D eigenvalue weighted by Crippen LogP contribution is -2.14. The van der Waals surface area contributed by atoms with E-state index in [-0.39, 0.29) is 46.6 Å². The summed E-state index contributed by atoms with van der Waals surface area (Å²) in [6, 6.07) is 27.7. The summed E-state index contributed by atoms with van der Waals surface area (Å²) in [5.74, 6) is 0. The Labute approximate surface area is 239 Å². The van der Waals surface area contributed by atoms with Gasteiger partial charge in [-0.05, 0) is 68.5 Å². The molecule has 39 heavy (non-hydrogen) atoms. The summed E-state index contributed by atoms with van der Waals surface area (Å²) < 4.78 is 45.1. The maximum Gasteiger partial charge on any atom is 0.0629 e. The van der Waals surface area contributed by atoms with Crippen LogP contribution in [0.4, 0.5) is 0 Å². The number of fused-ring (bicyclic) bond motifs is 3. The molecule has 1 nitrogen and oxygen atoms in total. The van der Waals surface area contributed by atoms with Crippen molar-refractivity contribution in [3.05, 3.63) is 126 Å². The van der Waals surface area contributed by atoms with E-state index in [1.807, 2.05) is 30.3 Å². The number of hydrogen-bond donors (Lipinski definition) is 0. The summed E-state index contributed by atoms with van der Waals surface area (Å²) >= 11 is 0. The molecular formula is C38H37N. The van der Waals surface area contributed by atoms with Crippen LogP contribution in [0.3, 0.4) is 0 Å². The largest absolute Gasteiger partial charge is 0.309 e. The average molecular weight is 513 g/mol. The molecule has 0 spiro atoms. The molecule has 194 valence electrons. The van der Waals surface area contributed by atoms with Crippen LogP contribution < -0.4 is 0 Å². The fourth-order valence-electron chi connectivity index (χ4n) is 5.77. The topological polar surface area (TPSA) is 4.93 Å². The Morgan fingerprint density at radius 3 is 1.95 bits per heavy atom. The van der Waals surface area contributed by atoms with Gasteiger partial charge in [0.15, 0.2) is 0 Å². The number of hydrogen-bond acceptors (Lipinski definition) is 0. The fraction of sp³-hybridized carbons (Fsp3) is 0.211. The third-order valence-corrected chi connectivity index (χ3v) is 7.53. The lowest BCUT2D eigenvalue weighted by molar-refractivity contribution is 0.590. The summed E-state index contributed by atoms with van der Waals surface area (Å²) in [7, 11) is 0. The first-order valence-electron chi connectivity index (χ1n) is 16.1. The van der Waals surface area contributed by atoms with E-state index >= 15 is 0 Å². The molecule has 6 rings (SSSR count). The van der Waals surface area contributed by atoms with E-state index in [0.29, 0.717) is 5.56 Å². The van der Waals surface area contributed by atoms with Crippen molar-refractivity contribution >= 4 is 21.8 Å². The van der Waals surface area contributed by atoms with Gasteiger partial charge < -0.3 is 4.57 Å². The van der Waals surface area contributed by atoms with Gasteiger partial charge in [0, 0.05) is 16.5 Å². The molecule has 0 aliphatic rings. The van der Waals surface area contributed by atoms with Crippen LogP contribution in [0.15, 0.2) is 115 Å². The molecule has 0 bridgehead atoms. The molecule has 0 aliphatic carbocycles. The molecule has 0 saturated heterocycles. The van der Waals surface area contributed by atoms with Crippen LogP contribution in [0.1, 0.15) is 59.5 Å². The average Bonchev–Trinajstić information content (AvgIpc) is 3.33. The van der Waals surface area contributed by atoms with Crippen LogP contribution in [0.5, 0.6) is 0 Å². The van der Waals surface area contributed by atoms with Gasteiger partial charge in [0.05, 0.1) is 17.9 Å². The minimum absolute atomic E-state index is 0.0144. The van der Waals surface area contributed by atoms with Crippen molar-refractivity contribution in [2.45, 2.75) is 52.4 Å². The van der Waals surface area contributed by atoms with Crippen molar-refractivity contribution in [2.24, 2.45) is 0 Å². The summed E-state index contributed by atoms with van der Waals surface area (Å²) in [6.07, 6.45) is 0. The SMILES string of the molecule is [2H]c1c([2H])c([2H])c(-c2cccc3c2c2c(C(C)(C)C)c(-c4cccc(C(C)(C)C)c4)ccc2n3-c2ccccc2)c([2H])c1[2H]. The van der Waals surface area contributed by atoms with Gasteiger partial charge in [0.1, 0.15) is 0 Å². The van der Waals surface area contributed by atoms with Crippen molar-refractivity contribution in [3.63, 3.8) is 0 Å². The highest BCUT2D eigenvalue weighted by Crippen LogP contribution is 2.46. The van der Waals surface area contributed by atoms with Crippen LogP contribution in [0.25, 0.3) is 49.7 Å². The van der Waals surface area contributed by atoms with Gasteiger partial charge >= 0.3 is 0 Å². The number of aromatic nitrogens is 1. The number of nitrogens with zero attached hydrogens (tertiary/aromatic N) is 1. The van der Waals surface area contributed by atoms with Crippen molar-refractivity contribution in [1.82, 2.24) is 4.57 Å². The van der Waals surface area contributed by atoms with Gasteiger partial charge in [-0.3, -0.25) is 0 Å². The lowest BCUT2D eigenvalue weighted by Gasteiger charge is -2.26. The van der Waals surface area contributed by atoms with Crippen molar-refractivity contribution in [1.29, 1.82) is 0 Å². The molecular weight excluding hydrogens is 470 g/mol. The monoisotopic (exact) mass is 512 g/mol. The second-order valence-electron chi connectivity index (χ2n) is 12.3. The normalized spacial score (nSPS) is 14.2. The molecule has 0 unspecified atom stereocenters. The van der Waals surface area contributed by atoms with Crippen LogP contribution in [0.2, 0.25) is 0 Å². The number of rotatable bonds is 3. The van der Waals surface area contributed by atoms with E-state index in [0.717, 1.165) is 44.2 Å². The van der Waals surface area contributed by atoms with Crippen molar-refractivity contribution in [3.8, 4) is 27.9 Å². The first-order valence-corrected chi connectivity index (χ1v) is 13.6. The second-order valence-corrected chi connectivity index (χ2v) is 12.3. The third kappa shape index (κ3) is 4.36. The summed E-state index contributed by atoms with van der Waals surface area (Å²) in [6.45, 7) is 13.3. The molecule has 0 atom stereocenters. The quantitative estimate of drug-likeness (QED) is 0.222. The Bertz CT molecular complexity index is 2050. The highest BCUT2D eigenvalue weighted by atomic mass is 15.0. The maximum absolute atomic E-state index is 8.88.